The molecule has 162 valence electrons. The Morgan fingerprint density at radius 2 is 1.87 bits per heavy atom. The first-order valence-corrected chi connectivity index (χ1v) is 11.5. The van der Waals surface area contributed by atoms with E-state index in [1.807, 2.05) is 6.07 Å². The zero-order valence-corrected chi connectivity index (χ0v) is 18.7. The molecule has 0 radical (unpaired) electrons. The van der Waals surface area contributed by atoms with E-state index < -0.39 is 5.97 Å². The maximum absolute atomic E-state index is 10.6. The van der Waals surface area contributed by atoms with Crippen LogP contribution in [0, 0.1) is 5.41 Å². The van der Waals surface area contributed by atoms with Crippen LogP contribution in [0.25, 0.3) is 0 Å². The fraction of sp³-hybridized carbons (Fsp3) is 0.480. The predicted octanol–water partition coefficient (Wildman–Crippen LogP) is 6.14. The molecule has 1 aliphatic heterocycles. The van der Waals surface area contributed by atoms with Crippen molar-refractivity contribution >= 4 is 17.7 Å². The second-order valence-electron chi connectivity index (χ2n) is 8.48. The van der Waals surface area contributed by atoms with Crippen molar-refractivity contribution in [2.75, 3.05) is 19.8 Å². The van der Waals surface area contributed by atoms with Crippen LogP contribution in [0.5, 0.6) is 0 Å². The Hall–Kier alpha value is -1.82. The van der Waals surface area contributed by atoms with Gasteiger partial charge in [-0.1, -0.05) is 62.4 Å². The molecule has 3 rings (SSSR count). The van der Waals surface area contributed by atoms with Crippen molar-refractivity contribution in [1.29, 1.82) is 0 Å². The highest BCUT2D eigenvalue weighted by Crippen LogP contribution is 2.46. The average Bonchev–Trinajstić information content (AvgIpc) is 2.74. The monoisotopic (exact) mass is 428 g/mol. The van der Waals surface area contributed by atoms with E-state index in [9.17, 15) is 4.79 Å². The third-order valence-electron chi connectivity index (χ3n) is 5.90. The molecule has 1 aliphatic rings. The van der Waals surface area contributed by atoms with Crippen LogP contribution < -0.4 is 0 Å². The van der Waals surface area contributed by atoms with Gasteiger partial charge in [0.2, 0.25) is 0 Å². The lowest BCUT2D eigenvalue weighted by Gasteiger charge is -2.45. The van der Waals surface area contributed by atoms with Gasteiger partial charge in [-0.15, -0.1) is 0 Å². The zero-order chi connectivity index (χ0) is 21.5. The molecule has 30 heavy (non-hydrogen) atoms. The maximum Gasteiger partial charge on any atom is 0.329 e. The molecule has 1 saturated heterocycles. The van der Waals surface area contributed by atoms with Crippen LogP contribution >= 0.6 is 11.8 Å². The van der Waals surface area contributed by atoms with Gasteiger partial charge in [0.15, 0.2) is 0 Å². The number of aliphatic carboxylic acids is 1. The summed E-state index contributed by atoms with van der Waals surface area (Å²) in [5.41, 5.74) is 1.03. The lowest BCUT2D eigenvalue weighted by Crippen LogP contribution is -2.42. The molecule has 2 atom stereocenters. The molecule has 0 amide bonds. The largest absolute Gasteiger partial charge is 0.480 e. The molecule has 1 heterocycles. The summed E-state index contributed by atoms with van der Waals surface area (Å²) in [5.74, 6) is -0.921. The molecular formula is C25H32O4S. The molecule has 0 bridgehead atoms. The van der Waals surface area contributed by atoms with Crippen LogP contribution in [0.15, 0.2) is 64.4 Å². The maximum atomic E-state index is 10.6. The number of hydrogen-bond donors (Lipinski definition) is 1. The number of ether oxygens (including phenoxy) is 2. The number of hydrogen-bond acceptors (Lipinski definition) is 4. The molecule has 0 spiro atoms. The van der Waals surface area contributed by atoms with E-state index in [1.165, 1.54) is 15.4 Å². The quantitative estimate of drug-likeness (QED) is 0.461. The van der Waals surface area contributed by atoms with Gasteiger partial charge in [-0.3, -0.25) is 0 Å². The third kappa shape index (κ3) is 6.10. The Bertz CT molecular complexity index is 813. The fourth-order valence-electron chi connectivity index (χ4n) is 4.08. The second kappa shape index (κ2) is 10.5. The molecule has 1 fully saturated rings. The number of rotatable bonds is 10. The lowest BCUT2D eigenvalue weighted by atomic mass is 9.73. The van der Waals surface area contributed by atoms with Crippen LogP contribution in [-0.2, 0) is 19.9 Å². The summed E-state index contributed by atoms with van der Waals surface area (Å²) in [6, 6.07) is 19.2. The molecule has 0 saturated carbocycles. The summed E-state index contributed by atoms with van der Waals surface area (Å²) >= 11 is 1.78. The normalized spacial score (nSPS) is 23.9. The summed E-state index contributed by atoms with van der Waals surface area (Å²) in [4.78, 5) is 13.1. The predicted molar refractivity (Wildman–Crippen MR) is 120 cm³/mol. The molecule has 0 aromatic heterocycles. The molecule has 1 N–H and O–H groups in total. The number of benzene rings is 2. The Morgan fingerprint density at radius 1 is 1.10 bits per heavy atom. The molecule has 5 heteroatoms. The SMILES string of the molecule is CCCC1(c2cccc(Sc3ccccc3)c2)CCC(C)(CCOCC(=O)O)CO1. The third-order valence-corrected chi connectivity index (χ3v) is 6.90. The van der Waals surface area contributed by atoms with Gasteiger partial charge >= 0.3 is 5.97 Å². The highest BCUT2D eigenvalue weighted by atomic mass is 32.2. The molecule has 0 aliphatic carbocycles. The minimum atomic E-state index is -0.921. The van der Waals surface area contributed by atoms with Gasteiger partial charge in [0.25, 0.3) is 0 Å². The van der Waals surface area contributed by atoms with Crippen molar-refractivity contribution in [3.8, 4) is 0 Å². The Morgan fingerprint density at radius 3 is 2.53 bits per heavy atom. The first kappa shape index (κ1) is 22.9. The van der Waals surface area contributed by atoms with E-state index in [-0.39, 0.29) is 17.6 Å². The first-order chi connectivity index (χ1) is 14.4. The van der Waals surface area contributed by atoms with Crippen LogP contribution in [-0.4, -0.2) is 30.9 Å². The molecule has 2 aromatic carbocycles. The molecule has 2 unspecified atom stereocenters. The summed E-state index contributed by atoms with van der Waals surface area (Å²) in [5, 5.41) is 8.73. The van der Waals surface area contributed by atoms with Crippen LogP contribution in [0.2, 0.25) is 0 Å². The standard InChI is InChI=1S/C25H32O4S/c1-3-12-25(14-13-24(2,19-29-25)15-16-28-18-23(26)27)20-8-7-11-22(17-20)30-21-9-5-4-6-10-21/h4-11,17H,3,12-16,18-19H2,1-2H3,(H,26,27). The minimum Gasteiger partial charge on any atom is -0.480 e. The van der Waals surface area contributed by atoms with E-state index in [0.29, 0.717) is 13.2 Å². The highest BCUT2D eigenvalue weighted by molar-refractivity contribution is 7.99. The fourth-order valence-corrected chi connectivity index (χ4v) is 4.97. The number of carbonyl (C=O) groups is 1. The van der Waals surface area contributed by atoms with Crippen LogP contribution in [0.3, 0.4) is 0 Å². The number of carboxylic acids is 1. The Kier molecular flexibility index (Phi) is 7.98. The van der Waals surface area contributed by atoms with E-state index in [4.69, 9.17) is 14.6 Å². The Labute approximate surface area is 184 Å². The van der Waals surface area contributed by atoms with Gasteiger partial charge < -0.3 is 14.6 Å². The van der Waals surface area contributed by atoms with Gasteiger partial charge in [0, 0.05) is 16.4 Å². The van der Waals surface area contributed by atoms with E-state index in [2.05, 4.69) is 62.4 Å². The summed E-state index contributed by atoms with van der Waals surface area (Å²) in [6.45, 7) is 5.31. The molecule has 2 aromatic rings. The Balaban J connectivity index is 1.68. The van der Waals surface area contributed by atoms with E-state index in [0.717, 1.165) is 32.1 Å². The lowest BCUT2D eigenvalue weighted by molar-refractivity contribution is -0.149. The zero-order valence-electron chi connectivity index (χ0n) is 17.9. The van der Waals surface area contributed by atoms with Gasteiger partial charge in [-0.2, -0.15) is 0 Å². The topological polar surface area (TPSA) is 55.8 Å². The van der Waals surface area contributed by atoms with Gasteiger partial charge in [0.05, 0.1) is 12.2 Å². The van der Waals surface area contributed by atoms with E-state index in [1.54, 1.807) is 11.8 Å². The summed E-state index contributed by atoms with van der Waals surface area (Å²) in [7, 11) is 0. The molecule has 4 nitrogen and oxygen atoms in total. The van der Waals surface area contributed by atoms with Crippen molar-refractivity contribution < 1.29 is 19.4 Å². The number of carboxylic acid groups (broad SMARTS) is 1. The summed E-state index contributed by atoms with van der Waals surface area (Å²) < 4.78 is 11.9. The summed E-state index contributed by atoms with van der Waals surface area (Å²) in [6.07, 6.45) is 4.88. The van der Waals surface area contributed by atoms with Gasteiger partial charge in [0.1, 0.15) is 6.61 Å². The van der Waals surface area contributed by atoms with Crippen LogP contribution in [0.4, 0.5) is 0 Å². The van der Waals surface area contributed by atoms with Crippen molar-refractivity contribution in [3.05, 3.63) is 60.2 Å². The van der Waals surface area contributed by atoms with Gasteiger partial charge in [-0.05, 0) is 60.9 Å². The second-order valence-corrected chi connectivity index (χ2v) is 9.63. The van der Waals surface area contributed by atoms with Gasteiger partial charge in [-0.25, -0.2) is 4.79 Å². The molecular weight excluding hydrogens is 396 g/mol. The smallest absolute Gasteiger partial charge is 0.329 e. The van der Waals surface area contributed by atoms with Crippen LogP contribution in [0.1, 0.15) is 51.5 Å². The average molecular weight is 429 g/mol. The van der Waals surface area contributed by atoms with Crippen molar-refractivity contribution in [3.63, 3.8) is 0 Å². The van der Waals surface area contributed by atoms with Crippen molar-refractivity contribution in [2.24, 2.45) is 5.41 Å². The van der Waals surface area contributed by atoms with Crippen molar-refractivity contribution in [2.45, 2.75) is 61.3 Å². The van der Waals surface area contributed by atoms with E-state index >= 15 is 0 Å². The highest BCUT2D eigenvalue weighted by Gasteiger charge is 2.42. The first-order valence-electron chi connectivity index (χ1n) is 10.7. The van der Waals surface area contributed by atoms with Crippen molar-refractivity contribution in [1.82, 2.24) is 0 Å². The minimum absolute atomic E-state index is 0.0200.